The van der Waals surface area contributed by atoms with E-state index >= 15 is 0 Å². The number of aryl methyl sites for hydroxylation is 1. The van der Waals surface area contributed by atoms with E-state index < -0.39 is 0 Å². The van der Waals surface area contributed by atoms with E-state index in [1.54, 1.807) is 13.0 Å². The van der Waals surface area contributed by atoms with E-state index in [9.17, 15) is 4.79 Å². The highest BCUT2D eigenvalue weighted by atomic mass is 32.1. The Bertz CT molecular complexity index is 590. The monoisotopic (exact) mass is 307 g/mol. The van der Waals surface area contributed by atoms with Crippen LogP contribution >= 0.6 is 11.3 Å². The van der Waals surface area contributed by atoms with Crippen molar-refractivity contribution in [3.8, 4) is 0 Å². The lowest BCUT2D eigenvalue weighted by Gasteiger charge is -2.28. The van der Waals surface area contributed by atoms with Crippen LogP contribution in [0.25, 0.3) is 0 Å². The number of rotatable bonds is 4. The molecule has 0 saturated carbocycles. The third kappa shape index (κ3) is 3.30. The van der Waals surface area contributed by atoms with Gasteiger partial charge in [0.25, 0.3) is 5.91 Å². The number of hydrogen-bond acceptors (Lipinski definition) is 6. The van der Waals surface area contributed by atoms with Crippen LogP contribution < -0.4 is 5.32 Å². The molecular formula is C14H17N3O3S. The van der Waals surface area contributed by atoms with Gasteiger partial charge in [0.2, 0.25) is 5.89 Å². The molecule has 0 aromatic carbocycles. The van der Waals surface area contributed by atoms with Gasteiger partial charge in [-0.25, -0.2) is 0 Å². The highest BCUT2D eigenvalue weighted by molar-refractivity contribution is 7.08. The molecule has 0 spiro atoms. The molecule has 2 aromatic heterocycles. The fourth-order valence-electron chi connectivity index (χ4n) is 2.49. The first kappa shape index (κ1) is 14.2. The van der Waals surface area contributed by atoms with E-state index in [-0.39, 0.29) is 17.9 Å². The number of hydrogen-bond donors (Lipinski definition) is 1. The zero-order chi connectivity index (χ0) is 14.7. The topological polar surface area (TPSA) is 77.2 Å². The Hall–Kier alpha value is -1.73. The minimum absolute atomic E-state index is 0.108. The summed E-state index contributed by atoms with van der Waals surface area (Å²) in [4.78, 5) is 16.6. The molecule has 0 radical (unpaired) electrons. The van der Waals surface area contributed by atoms with E-state index in [4.69, 9.17) is 9.26 Å². The number of amides is 1. The smallest absolute Gasteiger partial charge is 0.252 e. The second kappa shape index (κ2) is 6.36. The standard InChI is InChI=1S/C14H17N3O3S/c1-9-15-14(20-17-9)12(10-2-5-19-6-3-10)16-13(18)11-4-7-21-8-11/h4,7-8,10,12H,2-3,5-6H2,1H3,(H,16,18)/t12-/m0/s1. The summed E-state index contributed by atoms with van der Waals surface area (Å²) in [5.41, 5.74) is 0.660. The van der Waals surface area contributed by atoms with Gasteiger partial charge in [0.05, 0.1) is 5.56 Å². The Morgan fingerprint density at radius 1 is 1.48 bits per heavy atom. The van der Waals surface area contributed by atoms with Crippen molar-refractivity contribution < 1.29 is 14.1 Å². The van der Waals surface area contributed by atoms with Crippen LogP contribution in [0.2, 0.25) is 0 Å². The van der Waals surface area contributed by atoms with Gasteiger partial charge in [-0.2, -0.15) is 16.3 Å². The van der Waals surface area contributed by atoms with Gasteiger partial charge >= 0.3 is 0 Å². The summed E-state index contributed by atoms with van der Waals surface area (Å²) in [6.45, 7) is 3.17. The Labute approximate surface area is 126 Å². The molecule has 1 saturated heterocycles. The average Bonchev–Trinajstić information content (AvgIpc) is 3.17. The molecule has 7 heteroatoms. The second-order valence-corrected chi connectivity index (χ2v) is 5.87. The molecule has 1 atom stereocenters. The number of thiophene rings is 1. The van der Waals surface area contributed by atoms with Crippen molar-refractivity contribution in [1.29, 1.82) is 0 Å². The van der Waals surface area contributed by atoms with E-state index in [0.717, 1.165) is 12.8 Å². The van der Waals surface area contributed by atoms with Gasteiger partial charge in [-0.1, -0.05) is 5.16 Å². The molecule has 3 rings (SSSR count). The van der Waals surface area contributed by atoms with Crippen molar-refractivity contribution in [3.05, 3.63) is 34.1 Å². The van der Waals surface area contributed by atoms with Crippen LogP contribution in [-0.4, -0.2) is 29.3 Å². The summed E-state index contributed by atoms with van der Waals surface area (Å²) in [5, 5.41) is 10.6. The van der Waals surface area contributed by atoms with Crippen LogP contribution in [0.5, 0.6) is 0 Å². The Kier molecular flexibility index (Phi) is 4.31. The Morgan fingerprint density at radius 2 is 2.29 bits per heavy atom. The molecule has 1 fully saturated rings. The molecule has 0 aliphatic carbocycles. The summed E-state index contributed by atoms with van der Waals surface area (Å²) in [7, 11) is 0. The lowest BCUT2D eigenvalue weighted by molar-refractivity contribution is 0.0468. The first-order valence-corrected chi connectivity index (χ1v) is 7.89. The number of nitrogens with zero attached hydrogens (tertiary/aromatic N) is 2. The van der Waals surface area contributed by atoms with Crippen molar-refractivity contribution in [2.45, 2.75) is 25.8 Å². The van der Waals surface area contributed by atoms with Gasteiger partial charge in [0.15, 0.2) is 5.82 Å². The van der Waals surface area contributed by atoms with Gasteiger partial charge in [-0.15, -0.1) is 0 Å². The maximum atomic E-state index is 12.3. The molecule has 6 nitrogen and oxygen atoms in total. The normalized spacial score (nSPS) is 17.6. The molecule has 2 aromatic rings. The Balaban J connectivity index is 1.79. The molecule has 3 heterocycles. The first-order chi connectivity index (χ1) is 10.2. The molecule has 1 aliphatic heterocycles. The van der Waals surface area contributed by atoms with Crippen molar-refractivity contribution >= 4 is 17.2 Å². The van der Waals surface area contributed by atoms with Crippen LogP contribution in [0, 0.1) is 12.8 Å². The minimum atomic E-state index is -0.262. The van der Waals surface area contributed by atoms with Crippen LogP contribution in [0.3, 0.4) is 0 Å². The third-order valence-corrected chi connectivity index (χ3v) is 4.30. The largest absolute Gasteiger partial charge is 0.381 e. The maximum absolute atomic E-state index is 12.3. The van der Waals surface area contributed by atoms with Gasteiger partial charge in [0, 0.05) is 18.6 Å². The SMILES string of the molecule is Cc1noc([C@@H](NC(=O)c2ccsc2)C2CCOCC2)n1. The molecular weight excluding hydrogens is 290 g/mol. The first-order valence-electron chi connectivity index (χ1n) is 6.95. The summed E-state index contributed by atoms with van der Waals surface area (Å²) < 4.78 is 10.7. The van der Waals surface area contributed by atoms with E-state index in [1.807, 2.05) is 10.8 Å². The fourth-order valence-corrected chi connectivity index (χ4v) is 3.12. The maximum Gasteiger partial charge on any atom is 0.252 e. The van der Waals surface area contributed by atoms with Gasteiger partial charge in [-0.3, -0.25) is 4.79 Å². The van der Waals surface area contributed by atoms with E-state index in [0.29, 0.717) is 30.5 Å². The zero-order valence-electron chi connectivity index (χ0n) is 11.7. The number of carbonyl (C=O) groups excluding carboxylic acids is 1. The van der Waals surface area contributed by atoms with Gasteiger partial charge in [0.1, 0.15) is 6.04 Å². The number of aromatic nitrogens is 2. The molecule has 0 unspecified atom stereocenters. The van der Waals surface area contributed by atoms with Crippen molar-refractivity contribution in [1.82, 2.24) is 15.5 Å². The van der Waals surface area contributed by atoms with Crippen molar-refractivity contribution in [3.63, 3.8) is 0 Å². The molecule has 1 N–H and O–H groups in total. The molecule has 21 heavy (non-hydrogen) atoms. The molecule has 112 valence electrons. The predicted molar refractivity (Wildman–Crippen MR) is 77.1 cm³/mol. The van der Waals surface area contributed by atoms with Crippen LogP contribution in [0.15, 0.2) is 21.3 Å². The third-order valence-electron chi connectivity index (χ3n) is 3.62. The summed E-state index contributed by atoms with van der Waals surface area (Å²) in [5.74, 6) is 1.19. The van der Waals surface area contributed by atoms with Crippen LogP contribution in [-0.2, 0) is 4.74 Å². The van der Waals surface area contributed by atoms with Crippen LogP contribution in [0.1, 0.15) is 41.0 Å². The number of ether oxygens (including phenoxy) is 1. The Morgan fingerprint density at radius 3 is 2.90 bits per heavy atom. The predicted octanol–water partition coefficient (Wildman–Crippen LogP) is 2.34. The quantitative estimate of drug-likeness (QED) is 0.938. The number of carbonyl (C=O) groups is 1. The van der Waals surface area contributed by atoms with Gasteiger partial charge < -0.3 is 14.6 Å². The van der Waals surface area contributed by atoms with Crippen molar-refractivity contribution in [2.24, 2.45) is 5.92 Å². The average molecular weight is 307 g/mol. The van der Waals surface area contributed by atoms with E-state index in [2.05, 4.69) is 15.5 Å². The fraction of sp³-hybridized carbons (Fsp3) is 0.500. The number of nitrogens with one attached hydrogen (secondary N) is 1. The highest BCUT2D eigenvalue weighted by Crippen LogP contribution is 2.29. The van der Waals surface area contributed by atoms with E-state index in [1.165, 1.54) is 11.3 Å². The lowest BCUT2D eigenvalue weighted by Crippen LogP contribution is -2.36. The summed E-state index contributed by atoms with van der Waals surface area (Å²) in [6, 6.07) is 1.54. The lowest BCUT2D eigenvalue weighted by atomic mass is 9.91. The van der Waals surface area contributed by atoms with Crippen LogP contribution in [0.4, 0.5) is 0 Å². The summed E-state index contributed by atoms with van der Waals surface area (Å²) in [6.07, 6.45) is 1.74. The minimum Gasteiger partial charge on any atom is -0.381 e. The zero-order valence-corrected chi connectivity index (χ0v) is 12.6. The molecule has 0 bridgehead atoms. The molecule has 1 aliphatic rings. The second-order valence-electron chi connectivity index (χ2n) is 5.09. The van der Waals surface area contributed by atoms with Gasteiger partial charge in [-0.05, 0) is 37.1 Å². The molecule has 1 amide bonds. The highest BCUT2D eigenvalue weighted by Gasteiger charge is 2.31. The van der Waals surface area contributed by atoms with Crippen molar-refractivity contribution in [2.75, 3.05) is 13.2 Å². The summed E-state index contributed by atoms with van der Waals surface area (Å²) >= 11 is 1.50.